The topological polar surface area (TPSA) is 66.5 Å². The molecule has 0 bridgehead atoms. The van der Waals surface area contributed by atoms with Crippen molar-refractivity contribution in [2.75, 3.05) is 25.9 Å². The second-order valence-corrected chi connectivity index (χ2v) is 7.71. The van der Waals surface area contributed by atoms with Gasteiger partial charge in [-0.3, -0.25) is 4.79 Å². The molecule has 19 heavy (non-hydrogen) atoms. The molecule has 0 aliphatic heterocycles. The van der Waals surface area contributed by atoms with Gasteiger partial charge in [-0.2, -0.15) is 0 Å². The number of nitrogens with one attached hydrogen (secondary N) is 1. The quantitative estimate of drug-likeness (QED) is 0.747. The summed E-state index contributed by atoms with van der Waals surface area (Å²) in [6.45, 7) is 3.11. The van der Waals surface area contributed by atoms with E-state index in [1.807, 2.05) is 11.4 Å². The van der Waals surface area contributed by atoms with Gasteiger partial charge in [0.15, 0.2) is 0 Å². The van der Waals surface area contributed by atoms with Gasteiger partial charge in [-0.05, 0) is 33.8 Å². The van der Waals surface area contributed by atoms with Crippen LogP contribution in [0.2, 0.25) is 0 Å². The standard InChI is InChI=1S/C11H17BrN2O3S2/c1-3-14(19(2,16)17)7-4-6-13-11(15)10-9(12)5-8-18-10/h5,8H,3-4,6-7H2,1-2H3,(H,13,15). The van der Waals surface area contributed by atoms with Gasteiger partial charge in [0.1, 0.15) is 4.88 Å². The minimum atomic E-state index is -3.15. The van der Waals surface area contributed by atoms with E-state index in [1.165, 1.54) is 21.9 Å². The van der Waals surface area contributed by atoms with Gasteiger partial charge >= 0.3 is 0 Å². The molecule has 1 N–H and O–H groups in total. The van der Waals surface area contributed by atoms with Crippen molar-refractivity contribution in [1.82, 2.24) is 9.62 Å². The molecule has 5 nitrogen and oxygen atoms in total. The summed E-state index contributed by atoms with van der Waals surface area (Å²) >= 11 is 4.66. The van der Waals surface area contributed by atoms with Crippen LogP contribution >= 0.6 is 27.3 Å². The van der Waals surface area contributed by atoms with Crippen molar-refractivity contribution in [2.24, 2.45) is 0 Å². The lowest BCUT2D eigenvalue weighted by Crippen LogP contribution is -2.33. The SMILES string of the molecule is CCN(CCCNC(=O)c1sccc1Br)S(C)(=O)=O. The van der Waals surface area contributed by atoms with Crippen molar-refractivity contribution in [3.8, 4) is 0 Å². The Labute approximate surface area is 126 Å². The third-order valence-corrected chi connectivity index (χ3v) is 5.73. The zero-order chi connectivity index (χ0) is 14.5. The van der Waals surface area contributed by atoms with Gasteiger partial charge in [-0.1, -0.05) is 6.92 Å². The summed E-state index contributed by atoms with van der Waals surface area (Å²) in [5, 5.41) is 4.61. The van der Waals surface area contributed by atoms with E-state index >= 15 is 0 Å². The molecule has 8 heteroatoms. The Morgan fingerprint density at radius 1 is 1.53 bits per heavy atom. The number of carbonyl (C=O) groups excluding carboxylic acids is 1. The lowest BCUT2D eigenvalue weighted by Gasteiger charge is -2.17. The molecular formula is C11H17BrN2O3S2. The van der Waals surface area contributed by atoms with Gasteiger partial charge in [0.2, 0.25) is 10.0 Å². The van der Waals surface area contributed by atoms with Crippen molar-refractivity contribution in [3.63, 3.8) is 0 Å². The number of nitrogens with zero attached hydrogens (tertiary/aromatic N) is 1. The molecule has 0 radical (unpaired) electrons. The summed E-state index contributed by atoms with van der Waals surface area (Å²) in [6.07, 6.45) is 1.79. The number of amides is 1. The molecule has 0 fully saturated rings. The first kappa shape index (κ1) is 16.6. The highest BCUT2D eigenvalue weighted by Gasteiger charge is 2.14. The molecule has 0 atom stereocenters. The third-order valence-electron chi connectivity index (χ3n) is 2.51. The van der Waals surface area contributed by atoms with Crippen molar-refractivity contribution in [3.05, 3.63) is 20.8 Å². The van der Waals surface area contributed by atoms with Crippen molar-refractivity contribution < 1.29 is 13.2 Å². The van der Waals surface area contributed by atoms with Crippen LogP contribution in [0.25, 0.3) is 0 Å². The fourth-order valence-corrected chi connectivity index (χ4v) is 3.95. The Kier molecular flexibility index (Phi) is 6.45. The van der Waals surface area contributed by atoms with Gasteiger partial charge < -0.3 is 5.32 Å². The lowest BCUT2D eigenvalue weighted by atomic mass is 10.4. The number of rotatable bonds is 7. The molecule has 0 unspecified atom stereocenters. The Balaban J connectivity index is 2.36. The predicted octanol–water partition coefficient (Wildman–Crippen LogP) is 1.91. The lowest BCUT2D eigenvalue weighted by molar-refractivity contribution is 0.0956. The number of hydrogen-bond donors (Lipinski definition) is 1. The van der Waals surface area contributed by atoms with Gasteiger partial charge in [-0.15, -0.1) is 11.3 Å². The summed E-state index contributed by atoms with van der Waals surface area (Å²) < 4.78 is 24.9. The number of hydrogen-bond acceptors (Lipinski definition) is 4. The maximum absolute atomic E-state index is 11.8. The van der Waals surface area contributed by atoms with E-state index in [4.69, 9.17) is 0 Å². The van der Waals surface area contributed by atoms with Crippen LogP contribution in [-0.2, 0) is 10.0 Å². The first-order valence-corrected chi connectivity index (χ1v) is 9.34. The number of sulfonamides is 1. The molecule has 108 valence electrons. The van der Waals surface area contributed by atoms with Crippen LogP contribution in [0.4, 0.5) is 0 Å². The highest BCUT2D eigenvalue weighted by molar-refractivity contribution is 9.10. The molecule has 1 amide bonds. The average molecular weight is 369 g/mol. The van der Waals surface area contributed by atoms with Crippen LogP contribution in [-0.4, -0.2) is 44.5 Å². The van der Waals surface area contributed by atoms with Gasteiger partial charge in [-0.25, -0.2) is 12.7 Å². The molecule has 1 heterocycles. The monoisotopic (exact) mass is 368 g/mol. The number of carbonyl (C=O) groups is 1. The second-order valence-electron chi connectivity index (χ2n) is 3.96. The van der Waals surface area contributed by atoms with E-state index in [2.05, 4.69) is 21.2 Å². The molecule has 0 saturated carbocycles. The zero-order valence-corrected chi connectivity index (χ0v) is 14.1. The number of thiophene rings is 1. The molecule has 1 rings (SSSR count). The molecule has 0 spiro atoms. The van der Waals surface area contributed by atoms with Crippen LogP contribution in [0.1, 0.15) is 23.0 Å². The summed E-state index contributed by atoms with van der Waals surface area (Å²) in [4.78, 5) is 12.4. The Hall–Kier alpha value is -0.440. The van der Waals surface area contributed by atoms with Gasteiger partial charge in [0, 0.05) is 24.1 Å². The second kappa shape index (κ2) is 7.37. The summed E-state index contributed by atoms with van der Waals surface area (Å²) in [7, 11) is -3.15. The molecule has 1 aromatic rings. The molecular weight excluding hydrogens is 352 g/mol. The normalized spacial score (nSPS) is 11.8. The fourth-order valence-electron chi connectivity index (χ4n) is 1.55. The maximum Gasteiger partial charge on any atom is 0.262 e. The Morgan fingerprint density at radius 2 is 2.21 bits per heavy atom. The molecule has 0 aromatic carbocycles. The molecule has 0 saturated heterocycles. The third kappa shape index (κ3) is 5.21. The largest absolute Gasteiger partial charge is 0.351 e. The van der Waals surface area contributed by atoms with Crippen LogP contribution < -0.4 is 5.32 Å². The molecule has 0 aliphatic carbocycles. The van der Waals surface area contributed by atoms with Gasteiger partial charge in [0.25, 0.3) is 5.91 Å². The fraction of sp³-hybridized carbons (Fsp3) is 0.545. The minimum Gasteiger partial charge on any atom is -0.351 e. The zero-order valence-electron chi connectivity index (χ0n) is 10.8. The van der Waals surface area contributed by atoms with Gasteiger partial charge in [0.05, 0.1) is 6.26 Å². The average Bonchev–Trinajstić information content (AvgIpc) is 2.73. The van der Waals surface area contributed by atoms with E-state index in [-0.39, 0.29) is 5.91 Å². The van der Waals surface area contributed by atoms with Crippen molar-refractivity contribution >= 4 is 43.2 Å². The van der Waals surface area contributed by atoms with E-state index in [0.29, 0.717) is 30.9 Å². The summed E-state index contributed by atoms with van der Waals surface area (Å²) in [6, 6.07) is 1.82. The molecule has 1 aromatic heterocycles. The summed E-state index contributed by atoms with van der Waals surface area (Å²) in [5.74, 6) is -0.135. The van der Waals surface area contributed by atoms with Crippen LogP contribution in [0, 0.1) is 0 Å². The Bertz CT molecular complexity index is 528. The van der Waals surface area contributed by atoms with Crippen LogP contribution in [0.3, 0.4) is 0 Å². The van der Waals surface area contributed by atoms with Crippen molar-refractivity contribution in [1.29, 1.82) is 0 Å². The highest BCUT2D eigenvalue weighted by Crippen LogP contribution is 2.22. The van der Waals surface area contributed by atoms with Crippen LogP contribution in [0.15, 0.2) is 15.9 Å². The molecule has 0 aliphatic rings. The van der Waals surface area contributed by atoms with E-state index in [0.717, 1.165) is 4.47 Å². The smallest absolute Gasteiger partial charge is 0.262 e. The number of halogens is 1. The van der Waals surface area contributed by atoms with E-state index in [9.17, 15) is 13.2 Å². The maximum atomic E-state index is 11.8. The first-order chi connectivity index (χ1) is 8.86. The first-order valence-electron chi connectivity index (χ1n) is 5.82. The van der Waals surface area contributed by atoms with Crippen molar-refractivity contribution in [2.45, 2.75) is 13.3 Å². The van der Waals surface area contributed by atoms with E-state index in [1.54, 1.807) is 6.92 Å². The minimum absolute atomic E-state index is 0.135. The van der Waals surface area contributed by atoms with Crippen LogP contribution in [0.5, 0.6) is 0 Å². The Morgan fingerprint density at radius 3 is 2.68 bits per heavy atom. The summed E-state index contributed by atoms with van der Waals surface area (Å²) in [5.41, 5.74) is 0. The predicted molar refractivity (Wildman–Crippen MR) is 81.1 cm³/mol. The highest BCUT2D eigenvalue weighted by atomic mass is 79.9. The van der Waals surface area contributed by atoms with E-state index < -0.39 is 10.0 Å².